The second-order valence-corrected chi connectivity index (χ2v) is 6.57. The van der Waals surface area contributed by atoms with E-state index in [2.05, 4.69) is 19.9 Å². The first-order valence-electron chi connectivity index (χ1n) is 7.22. The topological polar surface area (TPSA) is 71.0 Å². The van der Waals surface area contributed by atoms with Crippen molar-refractivity contribution in [3.63, 3.8) is 0 Å². The van der Waals surface area contributed by atoms with Crippen LogP contribution in [0.4, 0.5) is 0 Å². The number of imidazole rings is 1. The number of carbonyl (C=O) groups is 1. The normalized spacial score (nSPS) is 15.1. The molecule has 0 spiro atoms. The van der Waals surface area contributed by atoms with E-state index in [0.29, 0.717) is 27.3 Å². The van der Waals surface area contributed by atoms with Crippen LogP contribution in [0.2, 0.25) is 5.02 Å². The largest absolute Gasteiger partial charge is 0.336 e. The predicted molar refractivity (Wildman–Crippen MR) is 98.1 cm³/mol. The summed E-state index contributed by atoms with van der Waals surface area (Å²) in [5.74, 6) is 0.858. The van der Waals surface area contributed by atoms with Gasteiger partial charge in [0.05, 0.1) is 16.8 Å². The first-order valence-corrected chi connectivity index (χ1v) is 8.58. The molecule has 1 aliphatic heterocycles. The van der Waals surface area contributed by atoms with Crippen molar-refractivity contribution < 1.29 is 4.79 Å². The number of amides is 1. The maximum absolute atomic E-state index is 11.6. The number of carbonyl (C=O) groups excluding carboxylic acids is 1. The van der Waals surface area contributed by atoms with Gasteiger partial charge in [-0.3, -0.25) is 4.79 Å². The third-order valence-electron chi connectivity index (χ3n) is 3.48. The molecule has 2 aromatic heterocycles. The Bertz CT molecular complexity index is 958. The standard InChI is InChI=1S/C17H11ClN4OS/c18-11-5-3-10(4-6-11)8-12(17-21-14(23)9-24-17)15-20-13-2-1-7-19-16(13)22-15/h1-8H,9H2,(H,19,20,22)/b12-8-. The van der Waals surface area contributed by atoms with Crippen LogP contribution in [0.1, 0.15) is 11.4 Å². The molecule has 1 N–H and O–H groups in total. The number of aromatic amines is 1. The third-order valence-corrected chi connectivity index (χ3v) is 4.71. The fourth-order valence-corrected chi connectivity index (χ4v) is 3.30. The van der Waals surface area contributed by atoms with Crippen molar-refractivity contribution in [2.45, 2.75) is 0 Å². The number of aromatic nitrogens is 3. The molecule has 3 aromatic rings. The molecule has 5 nitrogen and oxygen atoms in total. The number of pyridine rings is 1. The minimum atomic E-state index is -0.133. The Morgan fingerprint density at radius 1 is 1.25 bits per heavy atom. The lowest BCUT2D eigenvalue weighted by atomic mass is 10.1. The van der Waals surface area contributed by atoms with Crippen molar-refractivity contribution in [3.05, 3.63) is 59.0 Å². The Labute approximate surface area is 146 Å². The fourth-order valence-electron chi connectivity index (χ4n) is 2.38. The zero-order chi connectivity index (χ0) is 16.5. The minimum absolute atomic E-state index is 0.133. The molecule has 1 amide bonds. The van der Waals surface area contributed by atoms with Crippen molar-refractivity contribution in [1.29, 1.82) is 0 Å². The van der Waals surface area contributed by atoms with Gasteiger partial charge in [0, 0.05) is 11.2 Å². The van der Waals surface area contributed by atoms with Crippen LogP contribution >= 0.6 is 23.4 Å². The molecule has 1 aromatic carbocycles. The predicted octanol–water partition coefficient (Wildman–Crippen LogP) is 3.82. The van der Waals surface area contributed by atoms with Gasteiger partial charge in [0.2, 0.25) is 0 Å². The van der Waals surface area contributed by atoms with E-state index >= 15 is 0 Å². The first kappa shape index (κ1) is 15.1. The van der Waals surface area contributed by atoms with Crippen LogP contribution in [0.25, 0.3) is 22.8 Å². The van der Waals surface area contributed by atoms with Gasteiger partial charge in [-0.15, -0.1) is 0 Å². The number of rotatable bonds is 3. The molecule has 118 valence electrons. The van der Waals surface area contributed by atoms with E-state index in [1.54, 1.807) is 6.20 Å². The van der Waals surface area contributed by atoms with Crippen LogP contribution in [-0.4, -0.2) is 31.7 Å². The summed E-state index contributed by atoms with van der Waals surface area (Å²) in [4.78, 5) is 27.7. The van der Waals surface area contributed by atoms with Gasteiger partial charge in [0.1, 0.15) is 10.9 Å². The van der Waals surface area contributed by atoms with Crippen molar-refractivity contribution in [2.75, 3.05) is 5.75 Å². The third kappa shape index (κ3) is 2.98. The number of benzene rings is 1. The Morgan fingerprint density at radius 3 is 2.79 bits per heavy atom. The average molecular weight is 355 g/mol. The molecule has 0 aliphatic carbocycles. The van der Waals surface area contributed by atoms with E-state index in [1.165, 1.54) is 11.8 Å². The molecule has 0 unspecified atom stereocenters. The molecule has 3 heterocycles. The van der Waals surface area contributed by atoms with Gasteiger partial charge in [0.15, 0.2) is 5.65 Å². The molecule has 7 heteroatoms. The summed E-state index contributed by atoms with van der Waals surface area (Å²) in [5.41, 5.74) is 3.19. The van der Waals surface area contributed by atoms with Gasteiger partial charge in [-0.25, -0.2) is 15.0 Å². The number of nitrogens with one attached hydrogen (secondary N) is 1. The van der Waals surface area contributed by atoms with E-state index in [4.69, 9.17) is 11.6 Å². The summed E-state index contributed by atoms with van der Waals surface area (Å²) >= 11 is 7.36. The van der Waals surface area contributed by atoms with Crippen molar-refractivity contribution in [2.24, 2.45) is 4.99 Å². The molecule has 0 atom stereocenters. The summed E-state index contributed by atoms with van der Waals surface area (Å²) in [6.07, 6.45) is 3.64. The molecule has 0 fully saturated rings. The van der Waals surface area contributed by atoms with E-state index in [0.717, 1.165) is 16.7 Å². The van der Waals surface area contributed by atoms with Crippen LogP contribution in [0.5, 0.6) is 0 Å². The van der Waals surface area contributed by atoms with Crippen molar-refractivity contribution >= 4 is 57.1 Å². The number of nitrogens with zero attached hydrogens (tertiary/aromatic N) is 3. The molecule has 1 aliphatic rings. The monoisotopic (exact) mass is 354 g/mol. The highest BCUT2D eigenvalue weighted by Gasteiger charge is 2.22. The summed E-state index contributed by atoms with van der Waals surface area (Å²) in [6, 6.07) is 11.2. The number of aliphatic imine (C=N–C) groups is 1. The Balaban J connectivity index is 1.85. The van der Waals surface area contributed by atoms with Crippen LogP contribution in [0.3, 0.4) is 0 Å². The SMILES string of the molecule is O=C1CSC(/C(=C\c2ccc(Cl)cc2)c2nc3ncccc3[nH]2)=N1. The zero-order valence-electron chi connectivity index (χ0n) is 12.4. The maximum atomic E-state index is 11.6. The number of hydrogen-bond donors (Lipinski definition) is 1. The molecule has 0 saturated carbocycles. The number of H-pyrrole nitrogens is 1. The van der Waals surface area contributed by atoms with E-state index in [9.17, 15) is 4.79 Å². The summed E-state index contributed by atoms with van der Waals surface area (Å²) in [6.45, 7) is 0. The lowest BCUT2D eigenvalue weighted by Crippen LogP contribution is -1.97. The average Bonchev–Trinajstić information content (AvgIpc) is 3.20. The van der Waals surface area contributed by atoms with E-state index < -0.39 is 0 Å². The highest BCUT2D eigenvalue weighted by Crippen LogP contribution is 2.28. The molecule has 24 heavy (non-hydrogen) atoms. The second kappa shape index (κ2) is 6.22. The molecular formula is C17H11ClN4OS. The lowest BCUT2D eigenvalue weighted by Gasteiger charge is -2.04. The van der Waals surface area contributed by atoms with Crippen molar-refractivity contribution in [3.8, 4) is 0 Å². The molecular weight excluding hydrogens is 344 g/mol. The summed E-state index contributed by atoms with van der Waals surface area (Å²) in [7, 11) is 0. The maximum Gasteiger partial charge on any atom is 0.257 e. The lowest BCUT2D eigenvalue weighted by molar-refractivity contribution is -0.115. The molecule has 0 bridgehead atoms. The van der Waals surface area contributed by atoms with Gasteiger partial charge < -0.3 is 4.98 Å². The Morgan fingerprint density at radius 2 is 2.08 bits per heavy atom. The van der Waals surface area contributed by atoms with Crippen LogP contribution in [0, 0.1) is 0 Å². The summed E-state index contributed by atoms with van der Waals surface area (Å²) < 4.78 is 0. The highest BCUT2D eigenvalue weighted by atomic mass is 35.5. The first-order chi connectivity index (χ1) is 11.7. The smallest absolute Gasteiger partial charge is 0.257 e. The van der Waals surface area contributed by atoms with Crippen LogP contribution in [0.15, 0.2) is 47.6 Å². The zero-order valence-corrected chi connectivity index (χ0v) is 13.9. The van der Waals surface area contributed by atoms with Crippen LogP contribution in [-0.2, 0) is 4.79 Å². The highest BCUT2D eigenvalue weighted by molar-refractivity contribution is 8.16. The van der Waals surface area contributed by atoms with Gasteiger partial charge in [-0.2, -0.15) is 0 Å². The molecule has 0 saturated heterocycles. The van der Waals surface area contributed by atoms with Crippen LogP contribution < -0.4 is 0 Å². The Kier molecular flexibility index (Phi) is 3.92. The number of halogens is 1. The van der Waals surface area contributed by atoms with Gasteiger partial charge in [-0.05, 0) is 35.9 Å². The molecule has 4 rings (SSSR count). The van der Waals surface area contributed by atoms with Gasteiger partial charge >= 0.3 is 0 Å². The number of thioether (sulfide) groups is 1. The fraction of sp³-hybridized carbons (Fsp3) is 0.0588. The number of fused-ring (bicyclic) bond motifs is 1. The second-order valence-electron chi connectivity index (χ2n) is 5.17. The van der Waals surface area contributed by atoms with Crippen molar-refractivity contribution in [1.82, 2.24) is 15.0 Å². The van der Waals surface area contributed by atoms with E-state index in [-0.39, 0.29) is 5.91 Å². The minimum Gasteiger partial charge on any atom is -0.336 e. The quantitative estimate of drug-likeness (QED) is 0.776. The Hall–Kier alpha value is -2.44. The van der Waals surface area contributed by atoms with Gasteiger partial charge in [0.25, 0.3) is 5.91 Å². The molecule has 0 radical (unpaired) electrons. The number of hydrogen-bond acceptors (Lipinski definition) is 4. The summed E-state index contributed by atoms with van der Waals surface area (Å²) in [5, 5.41) is 1.33. The van der Waals surface area contributed by atoms with E-state index in [1.807, 2.05) is 42.5 Å². The van der Waals surface area contributed by atoms with Gasteiger partial charge in [-0.1, -0.05) is 35.5 Å².